The summed E-state index contributed by atoms with van der Waals surface area (Å²) in [4.78, 5) is 11.9. The molecule has 0 amide bonds. The zero-order chi connectivity index (χ0) is 12.2. The van der Waals surface area contributed by atoms with Gasteiger partial charge >= 0.3 is 5.97 Å². The van der Waals surface area contributed by atoms with Gasteiger partial charge in [-0.3, -0.25) is 4.79 Å². The molecule has 0 bridgehead atoms. The van der Waals surface area contributed by atoms with Crippen LogP contribution in [0.15, 0.2) is 0 Å². The first-order chi connectivity index (χ1) is 7.22. The third kappa shape index (κ3) is 1.44. The van der Waals surface area contributed by atoms with Crippen molar-refractivity contribution in [2.45, 2.75) is 38.7 Å². The molecule has 3 nitrogen and oxygen atoms in total. The molecule has 1 N–H and O–H groups in total. The minimum atomic E-state index is -2.90. The average molecular weight is 233 g/mol. The standard InChI is InChI=1S/C11H17F2NO2/c1-9(2,3)16-8(15)10-4-5-14-6-7(10)11(10,12)13/h7,14H,4-6H2,1-3H3. The number of hydrogen-bond donors (Lipinski definition) is 1. The summed E-state index contributed by atoms with van der Waals surface area (Å²) in [6.45, 7) is 5.73. The highest BCUT2D eigenvalue weighted by molar-refractivity contribution is 5.84. The van der Waals surface area contributed by atoms with Crippen LogP contribution in [-0.2, 0) is 9.53 Å². The molecule has 2 unspecified atom stereocenters. The van der Waals surface area contributed by atoms with Gasteiger partial charge in [0.2, 0.25) is 0 Å². The van der Waals surface area contributed by atoms with Gasteiger partial charge in [-0.25, -0.2) is 8.78 Å². The van der Waals surface area contributed by atoms with Gasteiger partial charge in [-0.2, -0.15) is 0 Å². The molecule has 0 radical (unpaired) electrons. The van der Waals surface area contributed by atoms with Gasteiger partial charge < -0.3 is 10.1 Å². The van der Waals surface area contributed by atoms with Crippen LogP contribution in [0.4, 0.5) is 8.78 Å². The Morgan fingerprint density at radius 3 is 2.56 bits per heavy atom. The monoisotopic (exact) mass is 233 g/mol. The van der Waals surface area contributed by atoms with E-state index in [1.54, 1.807) is 20.8 Å². The molecule has 2 fully saturated rings. The molecule has 0 aromatic rings. The van der Waals surface area contributed by atoms with Crippen molar-refractivity contribution in [2.75, 3.05) is 13.1 Å². The molecular formula is C11H17F2NO2. The minimum Gasteiger partial charge on any atom is -0.459 e. The molecule has 16 heavy (non-hydrogen) atoms. The lowest BCUT2D eigenvalue weighted by molar-refractivity contribution is -0.166. The molecule has 0 aromatic heterocycles. The highest BCUT2D eigenvalue weighted by Gasteiger charge is 2.85. The lowest BCUT2D eigenvalue weighted by atomic mass is 9.95. The lowest BCUT2D eigenvalue weighted by Gasteiger charge is -2.25. The van der Waals surface area contributed by atoms with E-state index in [1.807, 2.05) is 0 Å². The third-order valence-corrected chi connectivity index (χ3v) is 3.35. The minimum absolute atomic E-state index is 0.166. The second-order valence-corrected chi connectivity index (χ2v) is 5.60. The molecule has 1 saturated heterocycles. The van der Waals surface area contributed by atoms with Crippen molar-refractivity contribution in [3.63, 3.8) is 0 Å². The maximum absolute atomic E-state index is 13.6. The number of nitrogens with one attached hydrogen (secondary N) is 1. The van der Waals surface area contributed by atoms with E-state index in [2.05, 4.69) is 5.32 Å². The Morgan fingerprint density at radius 1 is 1.44 bits per heavy atom. The number of rotatable bonds is 1. The second kappa shape index (κ2) is 3.15. The molecule has 1 saturated carbocycles. The summed E-state index contributed by atoms with van der Waals surface area (Å²) in [5, 5.41) is 2.89. The van der Waals surface area contributed by atoms with E-state index in [-0.39, 0.29) is 13.0 Å². The number of hydrogen-bond acceptors (Lipinski definition) is 3. The Kier molecular flexibility index (Phi) is 2.32. The van der Waals surface area contributed by atoms with Crippen molar-refractivity contribution < 1.29 is 18.3 Å². The summed E-state index contributed by atoms with van der Waals surface area (Å²) in [5.74, 6) is -4.53. The zero-order valence-corrected chi connectivity index (χ0v) is 9.77. The van der Waals surface area contributed by atoms with E-state index >= 15 is 0 Å². The molecular weight excluding hydrogens is 216 g/mol. The predicted octanol–water partition coefficient (Wildman–Crippen LogP) is 1.57. The van der Waals surface area contributed by atoms with Crippen LogP contribution >= 0.6 is 0 Å². The van der Waals surface area contributed by atoms with Crippen LogP contribution in [0.2, 0.25) is 0 Å². The van der Waals surface area contributed by atoms with E-state index in [0.717, 1.165) is 0 Å². The van der Waals surface area contributed by atoms with E-state index in [9.17, 15) is 13.6 Å². The summed E-state index contributed by atoms with van der Waals surface area (Å²) in [5.41, 5.74) is -2.26. The van der Waals surface area contributed by atoms with Crippen molar-refractivity contribution in [3.8, 4) is 0 Å². The van der Waals surface area contributed by atoms with Crippen LogP contribution in [0.1, 0.15) is 27.2 Å². The van der Waals surface area contributed by atoms with E-state index in [1.165, 1.54) is 0 Å². The van der Waals surface area contributed by atoms with E-state index < -0.39 is 28.8 Å². The van der Waals surface area contributed by atoms with Crippen molar-refractivity contribution in [2.24, 2.45) is 11.3 Å². The Labute approximate surface area is 93.5 Å². The summed E-state index contributed by atoms with van der Waals surface area (Å²) >= 11 is 0. The highest BCUT2D eigenvalue weighted by atomic mass is 19.3. The fraction of sp³-hybridized carbons (Fsp3) is 0.909. The topological polar surface area (TPSA) is 38.3 Å². The predicted molar refractivity (Wildman–Crippen MR) is 54.2 cm³/mol. The molecule has 92 valence electrons. The first-order valence-corrected chi connectivity index (χ1v) is 5.54. The first-order valence-electron chi connectivity index (χ1n) is 5.54. The SMILES string of the molecule is CC(C)(C)OC(=O)C12CCNCC1C2(F)F. The molecule has 2 aliphatic rings. The van der Waals surface area contributed by atoms with Gasteiger partial charge in [-0.05, 0) is 33.7 Å². The Bertz CT molecular complexity index is 324. The number of carbonyl (C=O) groups excluding carboxylic acids is 1. The summed E-state index contributed by atoms with van der Waals surface area (Å²) in [7, 11) is 0. The average Bonchev–Trinajstić information content (AvgIpc) is 2.64. The van der Waals surface area contributed by atoms with Gasteiger partial charge in [0, 0.05) is 6.54 Å². The number of carbonyl (C=O) groups is 1. The summed E-state index contributed by atoms with van der Waals surface area (Å²) < 4.78 is 32.4. The fourth-order valence-electron chi connectivity index (χ4n) is 2.46. The van der Waals surface area contributed by atoms with E-state index in [4.69, 9.17) is 4.74 Å². The van der Waals surface area contributed by atoms with Crippen LogP contribution in [0.25, 0.3) is 0 Å². The molecule has 2 atom stereocenters. The van der Waals surface area contributed by atoms with Crippen LogP contribution in [0, 0.1) is 11.3 Å². The van der Waals surface area contributed by atoms with Gasteiger partial charge in [0.1, 0.15) is 11.0 Å². The maximum Gasteiger partial charge on any atom is 0.319 e. The zero-order valence-electron chi connectivity index (χ0n) is 9.77. The molecule has 1 aliphatic heterocycles. The Hall–Kier alpha value is -0.710. The lowest BCUT2D eigenvalue weighted by Crippen LogP contribution is -2.38. The number of fused-ring (bicyclic) bond motifs is 1. The Balaban J connectivity index is 2.17. The van der Waals surface area contributed by atoms with Gasteiger partial charge in [0.15, 0.2) is 0 Å². The molecule has 0 aromatic carbocycles. The van der Waals surface area contributed by atoms with Crippen LogP contribution in [0.5, 0.6) is 0 Å². The van der Waals surface area contributed by atoms with Gasteiger partial charge in [-0.15, -0.1) is 0 Å². The number of halogens is 2. The Morgan fingerprint density at radius 2 is 2.06 bits per heavy atom. The van der Waals surface area contributed by atoms with Crippen LogP contribution in [-0.4, -0.2) is 30.6 Å². The normalized spacial score (nSPS) is 36.4. The summed E-state index contributed by atoms with van der Waals surface area (Å²) in [6, 6.07) is 0. The third-order valence-electron chi connectivity index (χ3n) is 3.35. The number of alkyl halides is 2. The van der Waals surface area contributed by atoms with Crippen molar-refractivity contribution in [1.82, 2.24) is 5.32 Å². The molecule has 0 spiro atoms. The van der Waals surface area contributed by atoms with Gasteiger partial charge in [0.25, 0.3) is 5.92 Å². The molecule has 2 rings (SSSR count). The highest BCUT2D eigenvalue weighted by Crippen LogP contribution is 2.69. The number of ether oxygens (including phenoxy) is 1. The summed E-state index contributed by atoms with van der Waals surface area (Å²) in [6.07, 6.45) is 0.166. The number of piperidine rings is 1. The molecule has 5 heteroatoms. The molecule has 1 aliphatic carbocycles. The van der Waals surface area contributed by atoms with Crippen LogP contribution < -0.4 is 5.32 Å². The van der Waals surface area contributed by atoms with Crippen molar-refractivity contribution >= 4 is 5.97 Å². The second-order valence-electron chi connectivity index (χ2n) is 5.60. The van der Waals surface area contributed by atoms with E-state index in [0.29, 0.717) is 6.54 Å². The van der Waals surface area contributed by atoms with Crippen LogP contribution in [0.3, 0.4) is 0 Å². The smallest absolute Gasteiger partial charge is 0.319 e. The first kappa shape index (κ1) is 11.8. The van der Waals surface area contributed by atoms with Gasteiger partial charge in [-0.1, -0.05) is 0 Å². The molecule has 1 heterocycles. The largest absolute Gasteiger partial charge is 0.459 e. The van der Waals surface area contributed by atoms with Gasteiger partial charge in [0.05, 0.1) is 5.92 Å². The quantitative estimate of drug-likeness (QED) is 0.699. The fourth-order valence-corrected chi connectivity index (χ4v) is 2.46. The maximum atomic E-state index is 13.6. The van der Waals surface area contributed by atoms with Crippen molar-refractivity contribution in [1.29, 1.82) is 0 Å². The van der Waals surface area contributed by atoms with Crippen molar-refractivity contribution in [3.05, 3.63) is 0 Å². The number of esters is 1.